The maximum absolute atomic E-state index is 10.5. The van der Waals surface area contributed by atoms with E-state index in [4.69, 9.17) is 9.84 Å². The van der Waals surface area contributed by atoms with Crippen molar-refractivity contribution in [3.05, 3.63) is 53.7 Å². The Kier molecular flexibility index (Phi) is 3.97. The minimum Gasteiger partial charge on any atom is -0.478 e. The zero-order valence-electron chi connectivity index (χ0n) is 10.5. The molecular weight excluding hydrogens is 244 g/mol. The highest BCUT2D eigenvalue weighted by atomic mass is 16.5. The van der Waals surface area contributed by atoms with Gasteiger partial charge in [-0.05, 0) is 11.6 Å². The number of rotatable bonds is 5. The lowest BCUT2D eigenvalue weighted by molar-refractivity contribution is -0.131. The van der Waals surface area contributed by atoms with E-state index in [0.29, 0.717) is 18.2 Å². The van der Waals surface area contributed by atoms with Crippen LogP contribution in [0.15, 0.2) is 42.5 Å². The molecule has 2 rings (SSSR count). The number of aryl methyl sites for hydroxylation is 1. The van der Waals surface area contributed by atoms with E-state index < -0.39 is 5.97 Å². The fraction of sp³-hybridized carbons (Fsp3) is 0.143. The third-order valence-electron chi connectivity index (χ3n) is 2.52. The van der Waals surface area contributed by atoms with Crippen LogP contribution < -0.4 is 4.74 Å². The molecule has 1 heterocycles. The number of aliphatic carboxylic acids is 1. The maximum Gasteiger partial charge on any atom is 0.328 e. The van der Waals surface area contributed by atoms with Gasteiger partial charge in [-0.15, -0.1) is 5.10 Å². The third kappa shape index (κ3) is 3.70. The van der Waals surface area contributed by atoms with Crippen molar-refractivity contribution in [2.75, 3.05) is 0 Å². The molecule has 5 nitrogen and oxygen atoms in total. The molecule has 0 fully saturated rings. The molecule has 0 unspecified atom stereocenters. The summed E-state index contributed by atoms with van der Waals surface area (Å²) in [6, 6.07) is 11.5. The fourth-order valence-corrected chi connectivity index (χ4v) is 1.57. The van der Waals surface area contributed by atoms with E-state index in [1.54, 1.807) is 17.8 Å². The van der Waals surface area contributed by atoms with E-state index in [0.717, 1.165) is 11.6 Å². The Morgan fingerprint density at radius 3 is 2.84 bits per heavy atom. The van der Waals surface area contributed by atoms with Crippen LogP contribution in [-0.4, -0.2) is 20.9 Å². The van der Waals surface area contributed by atoms with Gasteiger partial charge in [0.25, 0.3) is 0 Å². The minimum absolute atomic E-state index is 0.430. The summed E-state index contributed by atoms with van der Waals surface area (Å²) in [7, 11) is 1.73. The summed E-state index contributed by atoms with van der Waals surface area (Å²) in [5.41, 5.74) is 1.72. The Balaban J connectivity index is 2.02. The molecule has 0 saturated carbocycles. The van der Waals surface area contributed by atoms with Crippen LogP contribution >= 0.6 is 0 Å². The molecule has 0 radical (unpaired) electrons. The van der Waals surface area contributed by atoms with E-state index in [1.807, 2.05) is 30.3 Å². The molecule has 0 aliphatic heterocycles. The third-order valence-corrected chi connectivity index (χ3v) is 2.52. The lowest BCUT2D eigenvalue weighted by Gasteiger charge is -2.01. The summed E-state index contributed by atoms with van der Waals surface area (Å²) in [6.45, 7) is 0.430. The molecule has 5 heteroatoms. The van der Waals surface area contributed by atoms with Crippen molar-refractivity contribution in [3.8, 4) is 5.88 Å². The van der Waals surface area contributed by atoms with Crippen molar-refractivity contribution >= 4 is 12.0 Å². The zero-order chi connectivity index (χ0) is 13.7. The largest absolute Gasteiger partial charge is 0.478 e. The van der Waals surface area contributed by atoms with Gasteiger partial charge < -0.3 is 9.84 Å². The molecule has 2 aromatic rings. The first-order chi connectivity index (χ1) is 9.15. The summed E-state index contributed by atoms with van der Waals surface area (Å²) < 4.78 is 7.12. The van der Waals surface area contributed by atoms with Crippen molar-refractivity contribution < 1.29 is 14.6 Å². The number of benzene rings is 1. The van der Waals surface area contributed by atoms with Crippen molar-refractivity contribution in [2.24, 2.45) is 7.05 Å². The summed E-state index contributed by atoms with van der Waals surface area (Å²) >= 11 is 0. The number of hydrogen-bond donors (Lipinski definition) is 1. The van der Waals surface area contributed by atoms with Gasteiger partial charge in [0.15, 0.2) is 0 Å². The van der Waals surface area contributed by atoms with Crippen LogP contribution in [0, 0.1) is 0 Å². The van der Waals surface area contributed by atoms with Gasteiger partial charge in [0, 0.05) is 19.2 Å². The molecule has 0 spiro atoms. The summed E-state index contributed by atoms with van der Waals surface area (Å²) in [4.78, 5) is 10.5. The molecular formula is C14H14N2O3. The normalized spacial score (nSPS) is 10.8. The van der Waals surface area contributed by atoms with Crippen LogP contribution in [0.3, 0.4) is 0 Å². The van der Waals surface area contributed by atoms with Gasteiger partial charge in [-0.3, -0.25) is 4.68 Å². The molecule has 19 heavy (non-hydrogen) atoms. The number of carboxylic acid groups (broad SMARTS) is 1. The number of aromatic nitrogens is 2. The number of ether oxygens (including phenoxy) is 1. The van der Waals surface area contributed by atoms with Crippen molar-refractivity contribution in [1.82, 2.24) is 9.78 Å². The quantitative estimate of drug-likeness (QED) is 0.834. The SMILES string of the molecule is Cn1nc(OCc2ccccc2)cc1/C=C/C(=O)O. The highest BCUT2D eigenvalue weighted by molar-refractivity contribution is 5.84. The molecule has 98 valence electrons. The molecule has 0 aliphatic carbocycles. The fourth-order valence-electron chi connectivity index (χ4n) is 1.57. The van der Waals surface area contributed by atoms with Gasteiger partial charge in [-0.25, -0.2) is 4.79 Å². The first-order valence-electron chi connectivity index (χ1n) is 5.77. The first kappa shape index (κ1) is 12.9. The Morgan fingerprint density at radius 1 is 1.42 bits per heavy atom. The first-order valence-corrected chi connectivity index (χ1v) is 5.77. The molecule has 1 aromatic heterocycles. The maximum atomic E-state index is 10.5. The Hall–Kier alpha value is -2.56. The predicted molar refractivity (Wildman–Crippen MR) is 70.7 cm³/mol. The molecule has 1 N–H and O–H groups in total. The van der Waals surface area contributed by atoms with E-state index >= 15 is 0 Å². The number of carbonyl (C=O) groups is 1. The lowest BCUT2D eigenvalue weighted by Crippen LogP contribution is -1.97. The van der Waals surface area contributed by atoms with Gasteiger partial charge in [-0.2, -0.15) is 0 Å². The van der Waals surface area contributed by atoms with Crippen LogP contribution in [0.25, 0.3) is 6.08 Å². The predicted octanol–water partition coefficient (Wildman–Crippen LogP) is 2.10. The minimum atomic E-state index is -0.993. The number of carboxylic acids is 1. The second kappa shape index (κ2) is 5.86. The van der Waals surface area contributed by atoms with Gasteiger partial charge in [-0.1, -0.05) is 30.3 Å². The van der Waals surface area contributed by atoms with Gasteiger partial charge in [0.05, 0.1) is 5.69 Å². The Labute approximate surface area is 110 Å². The second-order valence-corrected chi connectivity index (χ2v) is 3.98. The van der Waals surface area contributed by atoms with Crippen LogP contribution in [0.2, 0.25) is 0 Å². The summed E-state index contributed by atoms with van der Waals surface area (Å²) in [6.07, 6.45) is 2.54. The molecule has 0 amide bonds. The van der Waals surface area contributed by atoms with Crippen molar-refractivity contribution in [3.63, 3.8) is 0 Å². The summed E-state index contributed by atoms with van der Waals surface area (Å²) in [5.74, 6) is -0.524. The van der Waals surface area contributed by atoms with Crippen molar-refractivity contribution in [2.45, 2.75) is 6.61 Å². The molecule has 1 aromatic carbocycles. The number of nitrogens with zero attached hydrogens (tertiary/aromatic N) is 2. The molecule has 0 bridgehead atoms. The Bertz CT molecular complexity index is 588. The van der Waals surface area contributed by atoms with Gasteiger partial charge in [0.2, 0.25) is 5.88 Å². The van der Waals surface area contributed by atoms with Crippen LogP contribution in [0.5, 0.6) is 5.88 Å². The van der Waals surface area contributed by atoms with Crippen LogP contribution in [0.4, 0.5) is 0 Å². The van der Waals surface area contributed by atoms with Crippen LogP contribution in [0.1, 0.15) is 11.3 Å². The smallest absolute Gasteiger partial charge is 0.328 e. The molecule has 0 atom stereocenters. The van der Waals surface area contributed by atoms with Crippen molar-refractivity contribution in [1.29, 1.82) is 0 Å². The monoisotopic (exact) mass is 258 g/mol. The standard InChI is InChI=1S/C14H14N2O3/c1-16-12(7-8-14(17)18)9-13(15-16)19-10-11-5-3-2-4-6-11/h2-9H,10H2,1H3,(H,17,18)/b8-7+. The topological polar surface area (TPSA) is 64.4 Å². The molecule has 0 saturated heterocycles. The Morgan fingerprint density at radius 2 is 2.16 bits per heavy atom. The summed E-state index contributed by atoms with van der Waals surface area (Å²) in [5, 5.41) is 12.7. The van der Waals surface area contributed by atoms with Crippen LogP contribution in [-0.2, 0) is 18.4 Å². The number of hydrogen-bond acceptors (Lipinski definition) is 3. The zero-order valence-corrected chi connectivity index (χ0v) is 10.5. The van der Waals surface area contributed by atoms with E-state index in [-0.39, 0.29) is 0 Å². The van der Waals surface area contributed by atoms with E-state index in [9.17, 15) is 4.79 Å². The average Bonchev–Trinajstić information content (AvgIpc) is 2.76. The van der Waals surface area contributed by atoms with E-state index in [2.05, 4.69) is 5.10 Å². The highest BCUT2D eigenvalue weighted by Crippen LogP contribution is 2.14. The van der Waals surface area contributed by atoms with E-state index in [1.165, 1.54) is 6.08 Å². The highest BCUT2D eigenvalue weighted by Gasteiger charge is 2.04. The lowest BCUT2D eigenvalue weighted by atomic mass is 10.2. The van der Waals surface area contributed by atoms with Gasteiger partial charge >= 0.3 is 5.97 Å². The van der Waals surface area contributed by atoms with Gasteiger partial charge in [0.1, 0.15) is 6.61 Å². The average molecular weight is 258 g/mol. The second-order valence-electron chi connectivity index (χ2n) is 3.98. The molecule has 0 aliphatic rings.